The molecule has 0 aliphatic heterocycles. The number of para-hydroxylation sites is 12. The Kier molecular flexibility index (Phi) is 23.5. The predicted molar refractivity (Wildman–Crippen MR) is 574 cm³/mol. The van der Waals surface area contributed by atoms with Gasteiger partial charge in [-0.3, -0.25) is 0 Å². The van der Waals surface area contributed by atoms with Crippen LogP contribution in [0.2, 0.25) is 15.1 Å². The molecule has 0 atom stereocenters. The molecule has 0 spiro atoms. The first-order valence-corrected chi connectivity index (χ1v) is 47.2. The van der Waals surface area contributed by atoms with Gasteiger partial charge >= 0.3 is 0 Å². The van der Waals surface area contributed by atoms with E-state index < -0.39 is 0 Å². The summed E-state index contributed by atoms with van der Waals surface area (Å²) >= 11 is 20.3. The van der Waals surface area contributed by atoms with Crippen molar-refractivity contribution in [1.82, 2.24) is 0 Å². The molecule has 0 unspecified atom stereocenters. The van der Waals surface area contributed by atoms with E-state index in [1.54, 1.807) is 6.07 Å². The van der Waals surface area contributed by atoms with Crippen LogP contribution in [0.3, 0.4) is 0 Å². The van der Waals surface area contributed by atoms with Crippen LogP contribution in [0.15, 0.2) is 418 Å². The van der Waals surface area contributed by atoms with Crippen LogP contribution in [0.4, 0.5) is 62.6 Å². The number of hydrogen-bond donors (Lipinski definition) is 1. The molecule has 0 fully saturated rings. The van der Waals surface area contributed by atoms with Crippen molar-refractivity contribution in [2.24, 2.45) is 0 Å². The molecule has 0 amide bonds. The summed E-state index contributed by atoms with van der Waals surface area (Å²) in [6.07, 6.45) is 0. The average Bonchev–Trinajstić information content (AvgIpc) is 1.45. The number of nitrogens with one attached hydrogen (secondary N) is 1. The quantitative estimate of drug-likeness (QED) is 0.109. The van der Waals surface area contributed by atoms with Gasteiger partial charge in [-0.1, -0.05) is 397 Å². The number of anilines is 11. The molecule has 4 aromatic heterocycles. The summed E-state index contributed by atoms with van der Waals surface area (Å²) in [5, 5.41) is 14.4. The molecule has 0 bridgehead atoms. The van der Waals surface area contributed by atoms with E-state index in [-0.39, 0.29) is 21.7 Å². The summed E-state index contributed by atoms with van der Waals surface area (Å²) in [5.41, 5.74) is 31.6. The Morgan fingerprint density at radius 3 is 0.652 bits per heavy atom. The molecule has 22 aromatic rings. The van der Waals surface area contributed by atoms with Crippen LogP contribution < -0.4 is 20.0 Å². The molecule has 11 heteroatoms. The third-order valence-electron chi connectivity index (χ3n) is 25.6. The molecule has 664 valence electrons. The molecule has 0 aliphatic carbocycles. The second-order valence-electron chi connectivity index (χ2n) is 38.8. The standard InChI is InChI=1S/C62H51ClN2O2.C44H39NO2.C18H13Cl2N/c1-61(2,3)52-28-15-26-50-48-24-13-22-46(57(48)66-59(50)52)40-32-36-44(37-33-40)65(55-31-17-30-54(56(55)63)64(42-18-9-7-10-19-42)43-20-11-8-12-21-43)45-38-34-41(35-39-45)47-23-14-25-49-51-27-16-29-53(62(4,5)6)60(51)67-58(47)49;1-43(2,3)37-17-9-15-35-33-13-7-11-31(39(33)46-41(35)37)27-19-23-29(24-20-27)45-30-25-21-28(22-26-30)32-12-8-14-34-36-16-10-18-38(44(4,5)6)42(36)47-40(32)34;19-16-12-7-13-17(18(16)20)21(14-8-3-1-4-9-14)15-10-5-2-6-11-15/h7-39H,1-6H3;7-26,45H,1-6H3;1-13H. The van der Waals surface area contributed by atoms with Crippen LogP contribution >= 0.6 is 34.8 Å². The number of rotatable bonds is 15. The Hall–Kier alpha value is -14.8. The zero-order chi connectivity index (χ0) is 93.2. The maximum Gasteiger partial charge on any atom is 0.143 e. The maximum atomic E-state index is 7.74. The van der Waals surface area contributed by atoms with Crippen molar-refractivity contribution in [2.75, 3.05) is 20.0 Å². The summed E-state index contributed by atoms with van der Waals surface area (Å²) in [7, 11) is 0. The first-order valence-electron chi connectivity index (χ1n) is 46.1. The van der Waals surface area contributed by atoms with Crippen LogP contribution in [0.25, 0.3) is 132 Å². The zero-order valence-corrected chi connectivity index (χ0v) is 80.0. The van der Waals surface area contributed by atoms with Gasteiger partial charge in [-0.25, -0.2) is 0 Å². The second kappa shape index (κ2) is 36.0. The van der Waals surface area contributed by atoms with E-state index in [4.69, 9.17) is 52.5 Å². The summed E-state index contributed by atoms with van der Waals surface area (Å²) in [5.74, 6) is 0. The minimum atomic E-state index is -0.0639. The number of benzene rings is 18. The highest BCUT2D eigenvalue weighted by molar-refractivity contribution is 6.44. The van der Waals surface area contributed by atoms with Gasteiger partial charge in [0, 0.05) is 133 Å². The minimum Gasteiger partial charge on any atom is -0.455 e. The minimum absolute atomic E-state index is 0.00398. The molecule has 0 radical (unpaired) electrons. The zero-order valence-electron chi connectivity index (χ0n) is 77.7. The maximum absolute atomic E-state index is 7.74. The van der Waals surface area contributed by atoms with E-state index >= 15 is 0 Å². The summed E-state index contributed by atoms with van der Waals surface area (Å²) in [4.78, 5) is 6.56. The van der Waals surface area contributed by atoms with Gasteiger partial charge < -0.3 is 37.7 Å². The number of hydrogen-bond acceptors (Lipinski definition) is 8. The van der Waals surface area contributed by atoms with E-state index in [9.17, 15) is 0 Å². The topological polar surface area (TPSA) is 74.3 Å². The van der Waals surface area contributed by atoms with Crippen LogP contribution in [-0.2, 0) is 21.7 Å². The average molecular weight is 1820 g/mol. The lowest BCUT2D eigenvalue weighted by atomic mass is 9.86. The van der Waals surface area contributed by atoms with Crippen molar-refractivity contribution in [3.8, 4) is 44.5 Å². The fraction of sp³-hybridized carbons (Fsp3) is 0.129. The molecule has 18 aromatic carbocycles. The van der Waals surface area contributed by atoms with Gasteiger partial charge in [-0.05, 0) is 165 Å². The Labute approximate surface area is 803 Å². The third kappa shape index (κ3) is 17.1. The van der Waals surface area contributed by atoms with Gasteiger partial charge in [0.1, 0.15) is 44.7 Å². The molecule has 0 saturated heterocycles. The van der Waals surface area contributed by atoms with Gasteiger partial charge in [-0.15, -0.1) is 0 Å². The highest BCUT2D eigenvalue weighted by Gasteiger charge is 2.30. The van der Waals surface area contributed by atoms with Crippen molar-refractivity contribution in [2.45, 2.75) is 105 Å². The fourth-order valence-corrected chi connectivity index (χ4v) is 19.5. The molecular weight excluding hydrogens is 1720 g/mol. The molecule has 0 saturated carbocycles. The van der Waals surface area contributed by atoms with E-state index in [1.165, 1.54) is 33.0 Å². The van der Waals surface area contributed by atoms with Crippen molar-refractivity contribution in [3.05, 3.63) is 438 Å². The van der Waals surface area contributed by atoms with Gasteiger partial charge in [0.15, 0.2) is 0 Å². The lowest BCUT2D eigenvalue weighted by Gasteiger charge is -2.31. The Morgan fingerprint density at radius 1 is 0.193 bits per heavy atom. The summed E-state index contributed by atoms with van der Waals surface area (Å²) < 4.78 is 26.8. The van der Waals surface area contributed by atoms with Crippen LogP contribution in [0.5, 0.6) is 0 Å². The number of fused-ring (bicyclic) bond motifs is 12. The van der Waals surface area contributed by atoms with E-state index in [1.807, 2.05) is 84.9 Å². The first kappa shape index (κ1) is 88.2. The monoisotopic (exact) mass is 1820 g/mol. The Bertz CT molecular complexity index is 7690. The highest BCUT2D eigenvalue weighted by Crippen LogP contribution is 2.52. The molecule has 135 heavy (non-hydrogen) atoms. The molecule has 0 aliphatic rings. The van der Waals surface area contributed by atoms with Crippen LogP contribution in [-0.4, -0.2) is 0 Å². The second-order valence-corrected chi connectivity index (χ2v) is 39.9. The smallest absolute Gasteiger partial charge is 0.143 e. The van der Waals surface area contributed by atoms with Crippen LogP contribution in [0, 0.1) is 0 Å². The van der Waals surface area contributed by atoms with Gasteiger partial charge in [0.25, 0.3) is 0 Å². The van der Waals surface area contributed by atoms with Crippen molar-refractivity contribution >= 4 is 185 Å². The number of furan rings is 4. The molecular formula is C124H103Cl3N4O4. The predicted octanol–water partition coefficient (Wildman–Crippen LogP) is 38.6. The molecule has 4 heterocycles. The van der Waals surface area contributed by atoms with Gasteiger partial charge in [0.05, 0.1) is 32.1 Å². The lowest BCUT2D eigenvalue weighted by molar-refractivity contribution is 0.572. The molecule has 8 nitrogen and oxygen atoms in total. The largest absolute Gasteiger partial charge is 0.455 e. The van der Waals surface area contributed by atoms with Gasteiger partial charge in [-0.2, -0.15) is 0 Å². The normalized spacial score (nSPS) is 12.0. The lowest BCUT2D eigenvalue weighted by Crippen LogP contribution is -2.14. The van der Waals surface area contributed by atoms with E-state index in [0.717, 1.165) is 184 Å². The van der Waals surface area contributed by atoms with Crippen molar-refractivity contribution in [3.63, 3.8) is 0 Å². The SMILES string of the molecule is CC(C)(C)c1cccc2c1oc1c(-c3ccc(N(c4ccc(-c5cccc6c5oc5c(C(C)(C)C)cccc56)cc4)c4cccc(N(c5ccccc5)c5ccccc5)c4Cl)cc3)cccc12.CC(C)(C)c1cccc2c1oc1c(-c3ccc(Nc4ccc(-c5cccc6c5oc5c(C(C)(C)C)cccc56)cc4)cc3)cccc12.Clc1cccc(N(c2ccccc2)c2ccccc2)c1Cl. The molecule has 1 N–H and O–H groups in total. The van der Waals surface area contributed by atoms with E-state index in [2.05, 4.69) is 412 Å². The summed E-state index contributed by atoms with van der Waals surface area (Å²) in [6, 6.07) is 139. The third-order valence-corrected chi connectivity index (χ3v) is 26.7. The van der Waals surface area contributed by atoms with Crippen molar-refractivity contribution in [1.29, 1.82) is 0 Å². The van der Waals surface area contributed by atoms with Crippen molar-refractivity contribution < 1.29 is 17.7 Å². The number of nitrogens with zero attached hydrogens (tertiary/aromatic N) is 3. The highest BCUT2D eigenvalue weighted by atomic mass is 35.5. The summed E-state index contributed by atoms with van der Waals surface area (Å²) in [6.45, 7) is 26.8. The number of halogens is 3. The van der Waals surface area contributed by atoms with Crippen LogP contribution in [0.1, 0.15) is 105 Å². The van der Waals surface area contributed by atoms with Gasteiger partial charge in [0.2, 0.25) is 0 Å². The fourth-order valence-electron chi connectivity index (χ4n) is 18.9. The Morgan fingerprint density at radius 2 is 0.400 bits per heavy atom. The first-order chi connectivity index (χ1) is 65.3. The Balaban J connectivity index is 0.000000143. The van der Waals surface area contributed by atoms with E-state index in [0.29, 0.717) is 15.1 Å². The molecule has 22 rings (SSSR count).